The molecular weight excluding hydrogens is 292 g/mol. The van der Waals surface area contributed by atoms with Gasteiger partial charge in [0.15, 0.2) is 5.82 Å². The van der Waals surface area contributed by atoms with Gasteiger partial charge in [-0.15, -0.1) is 0 Å². The molecule has 0 aliphatic carbocycles. The molecule has 0 N–H and O–H groups in total. The number of carbonyl (C=O) groups excluding carboxylic acids is 1. The zero-order valence-corrected chi connectivity index (χ0v) is 14.3. The molecule has 6 heteroatoms. The molecule has 3 rings (SSSR count). The first-order valence-corrected chi connectivity index (χ1v) is 7.90. The van der Waals surface area contributed by atoms with E-state index < -0.39 is 5.54 Å². The molecule has 0 saturated carbocycles. The van der Waals surface area contributed by atoms with Crippen LogP contribution in [-0.4, -0.2) is 32.5 Å². The average molecular weight is 314 g/mol. The molecule has 1 atom stereocenters. The SMILES string of the molecule is Cc1cc(C)nc([C@]2(C)CCCN2C(=O)c2c(C)noc2C)n1. The van der Waals surface area contributed by atoms with Crippen LogP contribution < -0.4 is 0 Å². The second-order valence-electron chi connectivity index (χ2n) is 6.51. The highest BCUT2D eigenvalue weighted by molar-refractivity contribution is 5.96. The van der Waals surface area contributed by atoms with Crippen LogP contribution in [0.1, 0.15) is 58.8 Å². The van der Waals surface area contributed by atoms with E-state index in [-0.39, 0.29) is 5.91 Å². The summed E-state index contributed by atoms with van der Waals surface area (Å²) in [4.78, 5) is 24.2. The molecular formula is C17H22N4O2. The maximum Gasteiger partial charge on any atom is 0.260 e. The van der Waals surface area contributed by atoms with Gasteiger partial charge >= 0.3 is 0 Å². The highest BCUT2D eigenvalue weighted by atomic mass is 16.5. The van der Waals surface area contributed by atoms with E-state index in [1.54, 1.807) is 13.8 Å². The van der Waals surface area contributed by atoms with Crippen molar-refractivity contribution in [2.24, 2.45) is 0 Å². The van der Waals surface area contributed by atoms with Crippen LogP contribution in [0.15, 0.2) is 10.6 Å². The molecule has 1 fully saturated rings. The molecule has 1 saturated heterocycles. The Labute approximate surface area is 135 Å². The highest BCUT2D eigenvalue weighted by Gasteiger charge is 2.44. The third kappa shape index (κ3) is 2.52. The Hall–Kier alpha value is -2.24. The van der Waals surface area contributed by atoms with Gasteiger partial charge in [0.1, 0.15) is 16.9 Å². The van der Waals surface area contributed by atoms with E-state index in [9.17, 15) is 4.79 Å². The average Bonchev–Trinajstić information content (AvgIpc) is 3.02. The first-order chi connectivity index (χ1) is 10.8. The summed E-state index contributed by atoms with van der Waals surface area (Å²) in [5.41, 5.74) is 2.53. The zero-order chi connectivity index (χ0) is 16.8. The quantitative estimate of drug-likeness (QED) is 0.852. The van der Waals surface area contributed by atoms with Crippen LogP contribution in [0.25, 0.3) is 0 Å². The molecule has 1 aliphatic heterocycles. The first-order valence-electron chi connectivity index (χ1n) is 7.90. The molecule has 2 aromatic rings. The van der Waals surface area contributed by atoms with E-state index in [0.717, 1.165) is 24.2 Å². The van der Waals surface area contributed by atoms with Gasteiger partial charge in [-0.1, -0.05) is 5.16 Å². The third-order valence-electron chi connectivity index (χ3n) is 4.60. The van der Waals surface area contributed by atoms with Gasteiger partial charge in [-0.25, -0.2) is 9.97 Å². The zero-order valence-electron chi connectivity index (χ0n) is 14.3. The standard InChI is InChI=1S/C17H22N4O2/c1-10-9-11(2)19-16(18-10)17(5)7-6-8-21(17)15(22)14-12(3)20-23-13(14)4/h9H,6-8H2,1-5H3/t17-/m0/s1. The summed E-state index contributed by atoms with van der Waals surface area (Å²) in [6.07, 6.45) is 1.78. The van der Waals surface area contributed by atoms with Crippen LogP contribution in [0.4, 0.5) is 0 Å². The molecule has 0 radical (unpaired) electrons. The van der Waals surface area contributed by atoms with Gasteiger partial charge in [-0.05, 0) is 53.5 Å². The number of amides is 1. The highest BCUT2D eigenvalue weighted by Crippen LogP contribution is 2.38. The van der Waals surface area contributed by atoms with Crippen molar-refractivity contribution in [1.82, 2.24) is 20.0 Å². The Morgan fingerprint density at radius 3 is 2.43 bits per heavy atom. The molecule has 6 nitrogen and oxygen atoms in total. The fraction of sp³-hybridized carbons (Fsp3) is 0.529. The minimum absolute atomic E-state index is 0.0518. The van der Waals surface area contributed by atoms with Gasteiger partial charge in [0.25, 0.3) is 5.91 Å². The number of hydrogen-bond acceptors (Lipinski definition) is 5. The van der Waals surface area contributed by atoms with Gasteiger partial charge in [-0.2, -0.15) is 0 Å². The van der Waals surface area contributed by atoms with Crippen LogP contribution in [0.3, 0.4) is 0 Å². The Morgan fingerprint density at radius 2 is 1.87 bits per heavy atom. The molecule has 2 aromatic heterocycles. The fourth-order valence-electron chi connectivity index (χ4n) is 3.41. The van der Waals surface area contributed by atoms with Gasteiger partial charge in [0.2, 0.25) is 0 Å². The van der Waals surface area contributed by atoms with Gasteiger partial charge in [0, 0.05) is 17.9 Å². The Bertz CT molecular complexity index is 728. The minimum atomic E-state index is -0.496. The van der Waals surface area contributed by atoms with E-state index in [1.807, 2.05) is 31.7 Å². The van der Waals surface area contributed by atoms with Crippen LogP contribution in [-0.2, 0) is 5.54 Å². The topological polar surface area (TPSA) is 72.1 Å². The van der Waals surface area contributed by atoms with E-state index >= 15 is 0 Å². The molecule has 0 unspecified atom stereocenters. The van der Waals surface area contributed by atoms with E-state index in [2.05, 4.69) is 15.1 Å². The van der Waals surface area contributed by atoms with Crippen molar-refractivity contribution in [2.45, 2.75) is 53.0 Å². The fourth-order valence-corrected chi connectivity index (χ4v) is 3.41. The lowest BCUT2D eigenvalue weighted by Crippen LogP contribution is -2.44. The molecule has 1 aliphatic rings. The Kier molecular flexibility index (Phi) is 3.70. The van der Waals surface area contributed by atoms with Crippen molar-refractivity contribution in [3.63, 3.8) is 0 Å². The summed E-state index contributed by atoms with van der Waals surface area (Å²) in [7, 11) is 0. The number of aromatic nitrogens is 3. The molecule has 0 aromatic carbocycles. The number of aryl methyl sites for hydroxylation is 4. The Morgan fingerprint density at radius 1 is 1.22 bits per heavy atom. The summed E-state index contributed by atoms with van der Waals surface area (Å²) in [6, 6.07) is 1.95. The molecule has 23 heavy (non-hydrogen) atoms. The lowest BCUT2D eigenvalue weighted by Gasteiger charge is -2.34. The monoisotopic (exact) mass is 314 g/mol. The van der Waals surface area contributed by atoms with Crippen LogP contribution >= 0.6 is 0 Å². The lowest BCUT2D eigenvalue weighted by molar-refractivity contribution is 0.0601. The van der Waals surface area contributed by atoms with Crippen LogP contribution in [0.2, 0.25) is 0 Å². The molecule has 1 amide bonds. The molecule has 0 spiro atoms. The van der Waals surface area contributed by atoms with Crippen molar-refractivity contribution in [2.75, 3.05) is 6.54 Å². The number of likely N-dealkylation sites (tertiary alicyclic amines) is 1. The predicted octanol–water partition coefficient (Wildman–Crippen LogP) is 2.85. The second kappa shape index (κ2) is 5.44. The normalized spacial score (nSPS) is 21.0. The summed E-state index contributed by atoms with van der Waals surface area (Å²) >= 11 is 0. The van der Waals surface area contributed by atoms with Crippen LogP contribution in [0.5, 0.6) is 0 Å². The van der Waals surface area contributed by atoms with Crippen molar-refractivity contribution < 1.29 is 9.32 Å². The third-order valence-corrected chi connectivity index (χ3v) is 4.60. The van der Waals surface area contributed by atoms with E-state index in [0.29, 0.717) is 29.4 Å². The molecule has 0 bridgehead atoms. The minimum Gasteiger partial charge on any atom is -0.361 e. The van der Waals surface area contributed by atoms with Crippen molar-refractivity contribution in [3.05, 3.63) is 40.3 Å². The number of nitrogens with zero attached hydrogens (tertiary/aromatic N) is 4. The smallest absolute Gasteiger partial charge is 0.260 e. The Balaban J connectivity index is 2.04. The maximum absolute atomic E-state index is 13.1. The summed E-state index contributed by atoms with van der Waals surface area (Å²) in [5, 5.41) is 3.90. The number of carbonyl (C=O) groups is 1. The maximum atomic E-state index is 13.1. The van der Waals surface area contributed by atoms with Gasteiger partial charge in [0.05, 0.1) is 5.69 Å². The first kappa shape index (κ1) is 15.6. The van der Waals surface area contributed by atoms with Crippen molar-refractivity contribution in [3.8, 4) is 0 Å². The van der Waals surface area contributed by atoms with Crippen LogP contribution in [0, 0.1) is 27.7 Å². The van der Waals surface area contributed by atoms with Crippen molar-refractivity contribution >= 4 is 5.91 Å². The van der Waals surface area contributed by atoms with Gasteiger partial charge in [-0.3, -0.25) is 4.79 Å². The van der Waals surface area contributed by atoms with Gasteiger partial charge < -0.3 is 9.42 Å². The number of hydrogen-bond donors (Lipinski definition) is 0. The lowest BCUT2D eigenvalue weighted by atomic mass is 9.96. The second-order valence-corrected chi connectivity index (χ2v) is 6.51. The predicted molar refractivity (Wildman–Crippen MR) is 85.1 cm³/mol. The van der Waals surface area contributed by atoms with E-state index in [1.165, 1.54) is 0 Å². The summed E-state index contributed by atoms with van der Waals surface area (Å²) in [5.74, 6) is 1.22. The van der Waals surface area contributed by atoms with Crippen molar-refractivity contribution in [1.29, 1.82) is 0 Å². The summed E-state index contributed by atoms with van der Waals surface area (Å²) < 4.78 is 5.16. The summed E-state index contributed by atoms with van der Waals surface area (Å²) in [6.45, 7) is 10.2. The van der Waals surface area contributed by atoms with E-state index in [4.69, 9.17) is 4.52 Å². The largest absolute Gasteiger partial charge is 0.361 e. The number of rotatable bonds is 2. The molecule has 122 valence electrons. The molecule has 3 heterocycles.